The first-order chi connectivity index (χ1) is 19.5. The molecule has 40 heavy (non-hydrogen) atoms. The molecule has 0 atom stereocenters. The molecule has 0 spiro atoms. The minimum atomic E-state index is -0.199. The van der Waals surface area contributed by atoms with Crippen molar-refractivity contribution in [1.82, 2.24) is 19.7 Å². The number of anilines is 1. The second-order valence-electron chi connectivity index (χ2n) is 8.88. The van der Waals surface area contributed by atoms with Gasteiger partial charge < -0.3 is 5.32 Å². The maximum absolute atomic E-state index is 13.7. The molecule has 7 nitrogen and oxygen atoms in total. The van der Waals surface area contributed by atoms with E-state index in [1.54, 1.807) is 28.8 Å². The van der Waals surface area contributed by atoms with E-state index in [9.17, 15) is 9.59 Å². The molecular formula is C30H19Cl2N5O2S. The van der Waals surface area contributed by atoms with E-state index in [1.807, 2.05) is 72.8 Å². The Morgan fingerprint density at radius 3 is 2.35 bits per heavy atom. The molecule has 1 amide bonds. The summed E-state index contributed by atoms with van der Waals surface area (Å²) in [6.07, 6.45) is 0.198. The summed E-state index contributed by atoms with van der Waals surface area (Å²) in [6.45, 7) is 0. The van der Waals surface area contributed by atoms with Crippen molar-refractivity contribution >= 4 is 56.5 Å². The van der Waals surface area contributed by atoms with Crippen molar-refractivity contribution in [2.75, 3.05) is 5.32 Å². The number of halogens is 2. The average Bonchev–Trinajstić information content (AvgIpc) is 3.43. The molecule has 4 aromatic carbocycles. The molecule has 1 N–H and O–H groups in total. The summed E-state index contributed by atoms with van der Waals surface area (Å²) in [5, 5.41) is 13.8. The molecule has 0 unspecified atom stereocenters. The first kappa shape index (κ1) is 25.9. The van der Waals surface area contributed by atoms with E-state index in [-0.39, 0.29) is 17.9 Å². The number of para-hydroxylation sites is 1. The normalized spacial score (nSPS) is 11.1. The fourth-order valence-corrected chi connectivity index (χ4v) is 5.40. The van der Waals surface area contributed by atoms with Crippen molar-refractivity contribution in [2.45, 2.75) is 6.42 Å². The third kappa shape index (κ3) is 5.24. The zero-order valence-electron chi connectivity index (χ0n) is 20.7. The summed E-state index contributed by atoms with van der Waals surface area (Å²) >= 11 is 13.7. The highest BCUT2D eigenvalue weighted by Gasteiger charge is 2.17. The molecule has 10 heteroatoms. The second kappa shape index (κ2) is 11.0. The van der Waals surface area contributed by atoms with Crippen LogP contribution in [0.5, 0.6) is 0 Å². The molecular weight excluding hydrogens is 565 g/mol. The number of hydrogen-bond donors (Lipinski definition) is 1. The Hall–Kier alpha value is -4.37. The molecule has 2 heterocycles. The van der Waals surface area contributed by atoms with Gasteiger partial charge in [-0.1, -0.05) is 70.9 Å². The van der Waals surface area contributed by atoms with Crippen LogP contribution in [0.4, 0.5) is 5.13 Å². The SMILES string of the molecule is O=C(Cc1ccc(Cl)cc1)Nc1nnc(-c2ccc(-n3c(-c4ccccc4Cl)nc4ccccc4c3=O)cc2)s1. The van der Waals surface area contributed by atoms with Crippen LogP contribution < -0.4 is 10.9 Å². The molecule has 0 bridgehead atoms. The summed E-state index contributed by atoms with van der Waals surface area (Å²) in [7, 11) is 0. The molecule has 0 aliphatic rings. The number of hydrogen-bond acceptors (Lipinski definition) is 6. The fraction of sp³-hybridized carbons (Fsp3) is 0.0333. The molecule has 0 aliphatic heterocycles. The van der Waals surface area contributed by atoms with Crippen LogP contribution in [0, 0.1) is 0 Å². The molecule has 0 saturated heterocycles. The fourth-order valence-electron chi connectivity index (χ4n) is 4.29. The summed E-state index contributed by atoms with van der Waals surface area (Å²) in [5.41, 5.74) is 3.31. The molecule has 6 aromatic rings. The van der Waals surface area contributed by atoms with Crippen molar-refractivity contribution < 1.29 is 4.79 Å². The van der Waals surface area contributed by atoms with Crippen molar-refractivity contribution in [3.8, 4) is 27.6 Å². The highest BCUT2D eigenvalue weighted by molar-refractivity contribution is 7.18. The lowest BCUT2D eigenvalue weighted by atomic mass is 10.1. The van der Waals surface area contributed by atoms with E-state index in [0.29, 0.717) is 48.2 Å². The van der Waals surface area contributed by atoms with Crippen LogP contribution in [0.3, 0.4) is 0 Å². The molecule has 0 aliphatic carbocycles. The standard InChI is InChI=1S/C30H19Cl2N5O2S/c31-20-13-9-18(10-14-20)17-26(38)34-30-36-35-28(40-30)19-11-15-21(16-12-19)37-27(22-5-1-3-7-24(22)32)33-25-8-4-2-6-23(25)29(37)39/h1-16H,17H2,(H,34,36,38). The van der Waals surface area contributed by atoms with E-state index >= 15 is 0 Å². The van der Waals surface area contributed by atoms with Crippen LogP contribution in [0.25, 0.3) is 38.5 Å². The number of aromatic nitrogens is 4. The quantitative estimate of drug-likeness (QED) is 0.227. The zero-order valence-corrected chi connectivity index (χ0v) is 23.0. The second-order valence-corrected chi connectivity index (χ2v) is 10.7. The lowest BCUT2D eigenvalue weighted by molar-refractivity contribution is -0.115. The molecule has 2 aromatic heterocycles. The number of carbonyl (C=O) groups excluding carboxylic acids is 1. The van der Waals surface area contributed by atoms with Crippen LogP contribution in [0.2, 0.25) is 10.0 Å². The van der Waals surface area contributed by atoms with Crippen molar-refractivity contribution in [1.29, 1.82) is 0 Å². The van der Waals surface area contributed by atoms with Gasteiger partial charge in [-0.25, -0.2) is 4.98 Å². The number of carbonyl (C=O) groups is 1. The van der Waals surface area contributed by atoms with Gasteiger partial charge in [-0.15, -0.1) is 10.2 Å². The minimum absolute atomic E-state index is 0.198. The summed E-state index contributed by atoms with van der Waals surface area (Å²) in [6, 6.07) is 29.0. The smallest absolute Gasteiger partial charge is 0.266 e. The van der Waals surface area contributed by atoms with Crippen LogP contribution >= 0.6 is 34.5 Å². The highest BCUT2D eigenvalue weighted by Crippen LogP contribution is 2.30. The molecule has 0 fully saturated rings. The highest BCUT2D eigenvalue weighted by atomic mass is 35.5. The average molecular weight is 584 g/mol. The van der Waals surface area contributed by atoms with Gasteiger partial charge in [0.25, 0.3) is 5.56 Å². The van der Waals surface area contributed by atoms with Crippen molar-refractivity contribution in [2.24, 2.45) is 0 Å². The topological polar surface area (TPSA) is 89.8 Å². The lowest BCUT2D eigenvalue weighted by Gasteiger charge is -2.15. The van der Waals surface area contributed by atoms with Crippen molar-refractivity contribution in [3.63, 3.8) is 0 Å². The van der Waals surface area contributed by atoms with Gasteiger partial charge in [-0.3, -0.25) is 14.2 Å². The largest absolute Gasteiger partial charge is 0.300 e. The summed E-state index contributed by atoms with van der Waals surface area (Å²) in [5.74, 6) is 0.249. The number of fused-ring (bicyclic) bond motifs is 1. The predicted molar refractivity (Wildman–Crippen MR) is 160 cm³/mol. The summed E-state index contributed by atoms with van der Waals surface area (Å²) in [4.78, 5) is 30.9. The van der Waals surface area contributed by atoms with Crippen LogP contribution in [-0.4, -0.2) is 25.7 Å². The monoisotopic (exact) mass is 583 g/mol. The zero-order chi connectivity index (χ0) is 27.6. The van der Waals surface area contributed by atoms with Gasteiger partial charge in [-0.05, 0) is 66.2 Å². The van der Waals surface area contributed by atoms with E-state index in [1.165, 1.54) is 11.3 Å². The first-order valence-electron chi connectivity index (χ1n) is 12.2. The van der Waals surface area contributed by atoms with Crippen LogP contribution in [0.15, 0.2) is 102 Å². The van der Waals surface area contributed by atoms with Gasteiger partial charge in [0.1, 0.15) is 10.8 Å². The maximum atomic E-state index is 13.7. The van der Waals surface area contributed by atoms with E-state index in [4.69, 9.17) is 28.2 Å². The maximum Gasteiger partial charge on any atom is 0.266 e. The van der Waals surface area contributed by atoms with Crippen molar-refractivity contribution in [3.05, 3.63) is 123 Å². The van der Waals surface area contributed by atoms with Gasteiger partial charge in [0.05, 0.1) is 28.0 Å². The van der Waals surface area contributed by atoms with Gasteiger partial charge in [0, 0.05) is 16.1 Å². The van der Waals surface area contributed by atoms with E-state index in [2.05, 4.69) is 15.5 Å². The molecule has 6 rings (SSSR count). The Balaban J connectivity index is 1.30. The molecule has 0 saturated carbocycles. The minimum Gasteiger partial charge on any atom is -0.300 e. The first-order valence-corrected chi connectivity index (χ1v) is 13.8. The van der Waals surface area contributed by atoms with Gasteiger partial charge in [0.2, 0.25) is 11.0 Å². The number of amides is 1. The number of nitrogens with one attached hydrogen (secondary N) is 1. The predicted octanol–water partition coefficient (Wildman–Crippen LogP) is 7.06. The molecule has 196 valence electrons. The van der Waals surface area contributed by atoms with E-state index < -0.39 is 0 Å². The third-order valence-corrected chi connectivity index (χ3v) is 7.68. The van der Waals surface area contributed by atoms with Gasteiger partial charge in [0.15, 0.2) is 0 Å². The van der Waals surface area contributed by atoms with Gasteiger partial charge in [-0.2, -0.15) is 0 Å². The molecule has 0 radical (unpaired) electrons. The lowest BCUT2D eigenvalue weighted by Crippen LogP contribution is -2.22. The number of nitrogens with zero attached hydrogens (tertiary/aromatic N) is 4. The third-order valence-electron chi connectivity index (χ3n) is 6.21. The summed E-state index contributed by atoms with van der Waals surface area (Å²) < 4.78 is 1.57. The Bertz CT molecular complexity index is 1920. The van der Waals surface area contributed by atoms with Gasteiger partial charge >= 0.3 is 0 Å². The Morgan fingerprint density at radius 2 is 1.57 bits per heavy atom. The Kier molecular flexibility index (Phi) is 7.13. The number of rotatable bonds is 6. The van der Waals surface area contributed by atoms with Crippen LogP contribution in [0.1, 0.15) is 5.56 Å². The Morgan fingerprint density at radius 1 is 0.850 bits per heavy atom. The van der Waals surface area contributed by atoms with Crippen LogP contribution in [-0.2, 0) is 11.2 Å². The number of benzene rings is 4. The van der Waals surface area contributed by atoms with E-state index in [0.717, 1.165) is 11.1 Å². The Labute approximate surface area is 242 Å².